The molecular formula is C17H21N3OS. The normalized spacial score (nSPS) is 12.1. The van der Waals surface area contributed by atoms with Crippen molar-refractivity contribution in [2.75, 3.05) is 20.6 Å². The van der Waals surface area contributed by atoms with E-state index < -0.39 is 0 Å². The van der Waals surface area contributed by atoms with Gasteiger partial charge in [-0.2, -0.15) is 0 Å². The average Bonchev–Trinajstić information content (AvgIpc) is 2.52. The summed E-state index contributed by atoms with van der Waals surface area (Å²) in [6.45, 7) is 0.574. The second kappa shape index (κ2) is 7.87. The molecule has 0 bridgehead atoms. The summed E-state index contributed by atoms with van der Waals surface area (Å²) in [5.74, 6) is -0.137. The Hall–Kier alpha value is -1.98. The Labute approximate surface area is 136 Å². The van der Waals surface area contributed by atoms with Crippen LogP contribution in [0.1, 0.15) is 15.9 Å². The van der Waals surface area contributed by atoms with E-state index in [1.54, 1.807) is 18.3 Å². The number of amides is 1. The Morgan fingerprint density at radius 3 is 2.59 bits per heavy atom. The van der Waals surface area contributed by atoms with Crippen molar-refractivity contribution >= 4 is 18.1 Å². The van der Waals surface area contributed by atoms with E-state index in [1.165, 1.54) is 5.56 Å². The van der Waals surface area contributed by atoms with E-state index in [0.717, 1.165) is 6.42 Å². The lowest BCUT2D eigenvalue weighted by atomic mass is 10.1. The van der Waals surface area contributed by atoms with Crippen LogP contribution in [-0.4, -0.2) is 42.5 Å². The molecule has 0 saturated heterocycles. The Kier molecular flexibility index (Phi) is 5.86. The van der Waals surface area contributed by atoms with Gasteiger partial charge in [-0.3, -0.25) is 4.79 Å². The first kappa shape index (κ1) is 16.4. The van der Waals surface area contributed by atoms with Crippen molar-refractivity contribution in [3.05, 3.63) is 64.4 Å². The lowest BCUT2D eigenvalue weighted by Crippen LogP contribution is -2.41. The molecule has 22 heavy (non-hydrogen) atoms. The summed E-state index contributed by atoms with van der Waals surface area (Å²) in [6, 6.07) is 14.0. The van der Waals surface area contributed by atoms with Gasteiger partial charge in [-0.05, 0) is 38.2 Å². The highest BCUT2D eigenvalue weighted by molar-refractivity contribution is 7.71. The summed E-state index contributed by atoms with van der Waals surface area (Å²) in [5.41, 5.74) is 1.77. The molecular weight excluding hydrogens is 294 g/mol. The van der Waals surface area contributed by atoms with E-state index in [2.05, 4.69) is 27.3 Å². The number of H-pyrrole nitrogens is 1. The summed E-state index contributed by atoms with van der Waals surface area (Å²) in [7, 11) is 4.04. The fraction of sp³-hybridized carbons (Fsp3) is 0.294. The maximum atomic E-state index is 12.2. The predicted octanol–water partition coefficient (Wildman–Crippen LogP) is 2.65. The minimum absolute atomic E-state index is 0.137. The first-order valence-electron chi connectivity index (χ1n) is 7.24. The molecule has 1 amide bonds. The number of nitrogens with zero attached hydrogens (tertiary/aromatic N) is 1. The van der Waals surface area contributed by atoms with Crippen molar-refractivity contribution < 1.29 is 4.79 Å². The van der Waals surface area contributed by atoms with Gasteiger partial charge in [0, 0.05) is 18.8 Å². The van der Waals surface area contributed by atoms with Gasteiger partial charge in [0.05, 0.1) is 5.56 Å². The molecule has 2 N–H and O–H groups in total. The Morgan fingerprint density at radius 1 is 1.23 bits per heavy atom. The number of carbonyl (C=O) groups excluding carboxylic acids is 1. The number of hydrogen-bond acceptors (Lipinski definition) is 3. The Bertz CT molecular complexity index is 667. The standard InChI is InChI=1S/C17H21N3OS/c1-20(2)14(11-13-7-4-3-5-8-13)12-19-16(21)15-9-6-10-18-17(15)22/h3-10,14H,11-12H2,1-2H3,(H,18,22)(H,19,21). The van der Waals surface area contributed by atoms with E-state index in [4.69, 9.17) is 12.2 Å². The molecule has 2 aromatic rings. The predicted molar refractivity (Wildman–Crippen MR) is 91.6 cm³/mol. The van der Waals surface area contributed by atoms with Crippen LogP contribution in [0.2, 0.25) is 0 Å². The maximum absolute atomic E-state index is 12.2. The Morgan fingerprint density at radius 2 is 1.95 bits per heavy atom. The third-order valence-electron chi connectivity index (χ3n) is 3.61. The van der Waals surface area contributed by atoms with Gasteiger partial charge in [-0.15, -0.1) is 0 Å². The first-order valence-corrected chi connectivity index (χ1v) is 7.65. The monoisotopic (exact) mass is 315 g/mol. The number of nitrogens with one attached hydrogen (secondary N) is 2. The molecule has 1 aromatic heterocycles. The molecule has 0 fully saturated rings. The van der Waals surface area contributed by atoms with E-state index in [9.17, 15) is 4.79 Å². The SMILES string of the molecule is CN(C)C(CNC(=O)c1ccc[nH]c1=S)Cc1ccccc1. The van der Waals surface area contributed by atoms with E-state index >= 15 is 0 Å². The van der Waals surface area contributed by atoms with Crippen LogP contribution in [-0.2, 0) is 6.42 Å². The van der Waals surface area contributed by atoms with Crippen LogP contribution in [0, 0.1) is 4.64 Å². The van der Waals surface area contributed by atoms with Crippen LogP contribution >= 0.6 is 12.2 Å². The second-order valence-corrected chi connectivity index (χ2v) is 5.84. The second-order valence-electron chi connectivity index (χ2n) is 5.43. The zero-order chi connectivity index (χ0) is 15.9. The Balaban J connectivity index is 1.99. The van der Waals surface area contributed by atoms with Gasteiger partial charge in [-0.1, -0.05) is 42.5 Å². The maximum Gasteiger partial charge on any atom is 0.254 e. The average molecular weight is 315 g/mol. The number of rotatable bonds is 6. The van der Waals surface area contributed by atoms with Gasteiger partial charge in [0.1, 0.15) is 4.64 Å². The minimum atomic E-state index is -0.137. The molecule has 0 radical (unpaired) electrons. The van der Waals surface area contributed by atoms with Crippen LogP contribution in [0.15, 0.2) is 48.7 Å². The zero-order valence-corrected chi connectivity index (χ0v) is 13.7. The van der Waals surface area contributed by atoms with Gasteiger partial charge in [0.25, 0.3) is 5.91 Å². The quantitative estimate of drug-likeness (QED) is 0.806. The van der Waals surface area contributed by atoms with Gasteiger partial charge in [0.2, 0.25) is 0 Å². The van der Waals surface area contributed by atoms with E-state index in [1.807, 2.05) is 32.3 Å². The first-order chi connectivity index (χ1) is 10.6. The van der Waals surface area contributed by atoms with Crippen LogP contribution in [0.25, 0.3) is 0 Å². The number of benzene rings is 1. The molecule has 1 aromatic carbocycles. The molecule has 5 heteroatoms. The van der Waals surface area contributed by atoms with Gasteiger partial charge in [0.15, 0.2) is 0 Å². The number of aromatic nitrogens is 1. The van der Waals surface area contributed by atoms with E-state index in [-0.39, 0.29) is 11.9 Å². The fourth-order valence-corrected chi connectivity index (χ4v) is 2.46. The molecule has 2 rings (SSSR count). The van der Waals surface area contributed by atoms with Crippen molar-refractivity contribution in [3.8, 4) is 0 Å². The lowest BCUT2D eigenvalue weighted by Gasteiger charge is -2.24. The van der Waals surface area contributed by atoms with Crippen molar-refractivity contribution in [3.63, 3.8) is 0 Å². The number of pyridine rings is 1. The molecule has 0 saturated carbocycles. The number of likely N-dealkylation sites (N-methyl/N-ethyl adjacent to an activating group) is 1. The third-order valence-corrected chi connectivity index (χ3v) is 3.94. The van der Waals surface area contributed by atoms with Crippen LogP contribution in [0.5, 0.6) is 0 Å². The molecule has 116 valence electrons. The zero-order valence-electron chi connectivity index (χ0n) is 12.9. The third kappa shape index (κ3) is 4.51. The van der Waals surface area contributed by atoms with Crippen LogP contribution in [0.3, 0.4) is 0 Å². The van der Waals surface area contributed by atoms with Gasteiger partial charge < -0.3 is 15.2 Å². The molecule has 0 aliphatic rings. The van der Waals surface area contributed by atoms with Crippen LogP contribution in [0.4, 0.5) is 0 Å². The summed E-state index contributed by atoms with van der Waals surface area (Å²) in [5, 5.41) is 2.97. The highest BCUT2D eigenvalue weighted by Crippen LogP contribution is 2.07. The van der Waals surface area contributed by atoms with Crippen molar-refractivity contribution in [1.29, 1.82) is 0 Å². The van der Waals surface area contributed by atoms with Crippen molar-refractivity contribution in [2.24, 2.45) is 0 Å². The molecule has 1 unspecified atom stereocenters. The highest BCUT2D eigenvalue weighted by atomic mass is 32.1. The number of hydrogen-bond donors (Lipinski definition) is 2. The van der Waals surface area contributed by atoms with Crippen molar-refractivity contribution in [2.45, 2.75) is 12.5 Å². The smallest absolute Gasteiger partial charge is 0.254 e. The molecule has 4 nitrogen and oxygen atoms in total. The summed E-state index contributed by atoms with van der Waals surface area (Å²) in [4.78, 5) is 17.2. The summed E-state index contributed by atoms with van der Waals surface area (Å²) >= 11 is 5.14. The molecule has 0 aliphatic heterocycles. The molecule has 1 heterocycles. The van der Waals surface area contributed by atoms with Gasteiger partial charge in [-0.25, -0.2) is 0 Å². The lowest BCUT2D eigenvalue weighted by molar-refractivity contribution is 0.0941. The molecule has 0 spiro atoms. The molecule has 0 aliphatic carbocycles. The number of aromatic amines is 1. The minimum Gasteiger partial charge on any atom is -0.352 e. The largest absolute Gasteiger partial charge is 0.352 e. The highest BCUT2D eigenvalue weighted by Gasteiger charge is 2.15. The summed E-state index contributed by atoms with van der Waals surface area (Å²) in [6.07, 6.45) is 2.60. The van der Waals surface area contributed by atoms with Gasteiger partial charge >= 0.3 is 0 Å². The van der Waals surface area contributed by atoms with E-state index in [0.29, 0.717) is 16.7 Å². The molecule has 1 atom stereocenters. The number of carbonyl (C=O) groups is 1. The summed E-state index contributed by atoms with van der Waals surface area (Å²) < 4.78 is 0.462. The van der Waals surface area contributed by atoms with Crippen LogP contribution < -0.4 is 5.32 Å². The van der Waals surface area contributed by atoms with Crippen molar-refractivity contribution in [1.82, 2.24) is 15.2 Å². The fourth-order valence-electron chi connectivity index (χ4n) is 2.23. The topological polar surface area (TPSA) is 48.1 Å².